The molecule has 0 bridgehead atoms. The first-order valence-corrected chi connectivity index (χ1v) is 10.2. The Bertz CT molecular complexity index is 916. The van der Waals surface area contributed by atoms with Gasteiger partial charge >= 0.3 is 6.36 Å². The number of rotatable bonds is 8. The molecule has 0 saturated heterocycles. The Hall–Kier alpha value is -3.57. The van der Waals surface area contributed by atoms with Gasteiger partial charge in [0.25, 0.3) is 5.91 Å². The number of phenols is 1. The van der Waals surface area contributed by atoms with Crippen LogP contribution in [0.2, 0.25) is 0 Å². The molecule has 0 unspecified atom stereocenters. The highest BCUT2D eigenvalue weighted by Crippen LogP contribution is 2.24. The molecule has 11 heteroatoms. The lowest BCUT2D eigenvalue weighted by Gasteiger charge is -2.08. The number of benzene rings is 2. The molecule has 0 aliphatic rings. The van der Waals surface area contributed by atoms with Crippen LogP contribution in [-0.4, -0.2) is 60.3 Å². The third-order valence-corrected chi connectivity index (χ3v) is 3.70. The number of nitrogens with one attached hydrogen (secondary N) is 2. The van der Waals surface area contributed by atoms with Crippen LogP contribution in [0.3, 0.4) is 0 Å². The van der Waals surface area contributed by atoms with Gasteiger partial charge in [0.1, 0.15) is 11.5 Å². The summed E-state index contributed by atoms with van der Waals surface area (Å²) in [6.07, 6.45) is -1.75. The van der Waals surface area contributed by atoms with Crippen molar-refractivity contribution in [2.45, 2.75) is 20.2 Å². The number of hydrogen-bond acceptors (Lipinski definition) is 6. The fourth-order valence-corrected chi connectivity index (χ4v) is 2.32. The van der Waals surface area contributed by atoms with Gasteiger partial charge in [-0.25, -0.2) is 0 Å². The number of alkyl halides is 3. The number of aliphatic hydroxyl groups excluding tert-OH is 2. The first kappa shape index (κ1) is 30.4. The zero-order valence-corrected chi connectivity index (χ0v) is 19.0. The van der Waals surface area contributed by atoms with Crippen molar-refractivity contribution in [1.29, 1.82) is 0 Å². The number of hydrogen-bond donors (Lipinski definition) is 5. The van der Waals surface area contributed by atoms with E-state index in [0.29, 0.717) is 11.1 Å². The van der Waals surface area contributed by atoms with Crippen molar-refractivity contribution >= 4 is 24.0 Å². The van der Waals surface area contributed by atoms with Crippen molar-refractivity contribution in [2.75, 3.05) is 26.8 Å². The van der Waals surface area contributed by atoms with E-state index in [9.17, 15) is 27.9 Å². The van der Waals surface area contributed by atoms with Gasteiger partial charge < -0.3 is 30.7 Å². The summed E-state index contributed by atoms with van der Waals surface area (Å²) in [4.78, 5) is 23.6. The number of carbonyl (C=O) groups excluding carboxylic acids is 2. The third-order valence-electron chi connectivity index (χ3n) is 3.70. The van der Waals surface area contributed by atoms with Crippen molar-refractivity contribution in [1.82, 2.24) is 10.6 Å². The van der Waals surface area contributed by atoms with E-state index in [2.05, 4.69) is 15.4 Å². The van der Waals surface area contributed by atoms with Gasteiger partial charge in [0, 0.05) is 24.8 Å². The maximum atomic E-state index is 12.2. The van der Waals surface area contributed by atoms with Gasteiger partial charge in [-0.15, -0.1) is 13.2 Å². The normalized spacial score (nSPS) is 10.4. The van der Waals surface area contributed by atoms with Crippen LogP contribution in [0.1, 0.15) is 35.3 Å². The average Bonchev–Trinajstić information content (AvgIpc) is 2.83. The Kier molecular flexibility index (Phi) is 14.4. The smallest absolute Gasteiger partial charge is 0.507 e. The lowest BCUT2D eigenvalue weighted by atomic mass is 10.1. The summed E-state index contributed by atoms with van der Waals surface area (Å²) in [6, 6.07) is 9.18. The summed E-state index contributed by atoms with van der Waals surface area (Å²) in [5.41, 5.74) is 1.03. The molecule has 34 heavy (non-hydrogen) atoms. The summed E-state index contributed by atoms with van der Waals surface area (Å²) in [7, 11) is 1.00. The molecule has 0 spiro atoms. The van der Waals surface area contributed by atoms with Crippen LogP contribution in [0.15, 0.2) is 42.5 Å². The number of halogens is 3. The zero-order valence-electron chi connectivity index (χ0n) is 19.0. The number of phenolic OH excluding ortho intramolecular Hbond substituents is 1. The maximum absolute atomic E-state index is 12.2. The van der Waals surface area contributed by atoms with Crippen molar-refractivity contribution in [3.8, 4) is 11.5 Å². The summed E-state index contributed by atoms with van der Waals surface area (Å²) < 4.78 is 40.3. The molecule has 0 aliphatic carbocycles. The number of amides is 2. The van der Waals surface area contributed by atoms with E-state index in [1.807, 2.05) is 13.8 Å². The van der Waals surface area contributed by atoms with Crippen LogP contribution in [0, 0.1) is 0 Å². The quantitative estimate of drug-likeness (QED) is 0.365. The molecule has 0 heterocycles. The van der Waals surface area contributed by atoms with Crippen LogP contribution in [0.4, 0.5) is 13.2 Å². The van der Waals surface area contributed by atoms with E-state index in [4.69, 9.17) is 10.2 Å². The Morgan fingerprint density at radius 1 is 1.00 bits per heavy atom. The Labute approximate surface area is 195 Å². The van der Waals surface area contributed by atoms with Gasteiger partial charge in [-0.3, -0.25) is 9.59 Å². The van der Waals surface area contributed by atoms with Gasteiger partial charge in [0.05, 0.1) is 13.2 Å². The fourth-order valence-electron chi connectivity index (χ4n) is 2.32. The molecule has 2 amide bonds. The molecular weight excluding hydrogens is 457 g/mol. The van der Waals surface area contributed by atoms with Crippen molar-refractivity contribution < 1.29 is 42.8 Å². The van der Waals surface area contributed by atoms with E-state index >= 15 is 0 Å². The summed E-state index contributed by atoms with van der Waals surface area (Å²) >= 11 is 0. The van der Waals surface area contributed by atoms with Crippen molar-refractivity contribution in [3.05, 3.63) is 59.2 Å². The number of aliphatic hydroxyl groups is 2. The van der Waals surface area contributed by atoms with E-state index in [0.717, 1.165) is 19.2 Å². The van der Waals surface area contributed by atoms with Crippen molar-refractivity contribution in [2.24, 2.45) is 0 Å². The van der Waals surface area contributed by atoms with E-state index in [1.54, 1.807) is 0 Å². The average molecular weight is 486 g/mol. The van der Waals surface area contributed by atoms with Crippen LogP contribution in [0.25, 0.3) is 12.2 Å². The molecule has 5 N–H and O–H groups in total. The zero-order chi connectivity index (χ0) is 26.1. The van der Waals surface area contributed by atoms with E-state index in [1.165, 1.54) is 42.5 Å². The standard InChI is InChI=1S/C20H19F3N2O5.C2H6.CH4O/c21-20(22,23)30-16-6-2-13(3-7-16)1-4-14-11-15(5-8-17(14)27)19(29)25-12-18(28)24-9-10-26;2*1-2/h1-8,11,26-27H,9-10,12H2,(H,24,28)(H,25,29);1-2H3;2H,1H3/b4-1+;;. The van der Waals surface area contributed by atoms with Crippen LogP contribution < -0.4 is 15.4 Å². The second kappa shape index (κ2) is 16.1. The molecule has 0 atom stereocenters. The molecular formula is C23H29F3N2O6. The number of ether oxygens (including phenoxy) is 1. The van der Waals surface area contributed by atoms with Gasteiger partial charge in [-0.2, -0.15) is 0 Å². The molecule has 2 aromatic rings. The summed E-state index contributed by atoms with van der Waals surface area (Å²) in [5.74, 6) is -1.48. The molecule has 0 aliphatic heterocycles. The Morgan fingerprint density at radius 2 is 1.62 bits per heavy atom. The highest BCUT2D eigenvalue weighted by Gasteiger charge is 2.30. The summed E-state index contributed by atoms with van der Waals surface area (Å²) in [6.45, 7) is 3.58. The third kappa shape index (κ3) is 11.9. The second-order valence-corrected chi connectivity index (χ2v) is 5.98. The van der Waals surface area contributed by atoms with Gasteiger partial charge in [-0.05, 0) is 35.9 Å². The Balaban J connectivity index is 0.00000258. The SMILES string of the molecule is CC.CO.O=C(CNC(=O)c1ccc(O)c(/C=C/c2ccc(OC(F)(F)F)cc2)c1)NCCO. The maximum Gasteiger partial charge on any atom is 0.573 e. The topological polar surface area (TPSA) is 128 Å². The lowest BCUT2D eigenvalue weighted by molar-refractivity contribution is -0.274. The predicted octanol–water partition coefficient (Wildman–Crippen LogP) is 2.93. The monoisotopic (exact) mass is 486 g/mol. The van der Waals surface area contributed by atoms with Gasteiger partial charge in [0.2, 0.25) is 5.91 Å². The molecule has 0 fully saturated rings. The molecule has 0 radical (unpaired) electrons. The minimum atomic E-state index is -4.77. The lowest BCUT2D eigenvalue weighted by Crippen LogP contribution is -2.37. The van der Waals surface area contributed by atoms with Crippen molar-refractivity contribution in [3.63, 3.8) is 0 Å². The van der Waals surface area contributed by atoms with Crippen LogP contribution in [-0.2, 0) is 4.79 Å². The first-order valence-electron chi connectivity index (χ1n) is 10.2. The minimum Gasteiger partial charge on any atom is -0.507 e. The molecule has 0 saturated carbocycles. The molecule has 8 nitrogen and oxygen atoms in total. The van der Waals surface area contributed by atoms with Crippen LogP contribution in [0.5, 0.6) is 11.5 Å². The van der Waals surface area contributed by atoms with E-state index in [-0.39, 0.29) is 36.8 Å². The van der Waals surface area contributed by atoms with E-state index < -0.39 is 18.2 Å². The second-order valence-electron chi connectivity index (χ2n) is 5.98. The minimum absolute atomic E-state index is 0.0756. The highest BCUT2D eigenvalue weighted by atomic mass is 19.4. The molecule has 0 aromatic heterocycles. The summed E-state index contributed by atoms with van der Waals surface area (Å²) in [5, 5.41) is 30.4. The fraction of sp³-hybridized carbons (Fsp3) is 0.304. The van der Waals surface area contributed by atoms with Gasteiger partial charge in [0.15, 0.2) is 0 Å². The molecule has 2 rings (SSSR count). The highest BCUT2D eigenvalue weighted by molar-refractivity contribution is 5.97. The predicted molar refractivity (Wildman–Crippen MR) is 122 cm³/mol. The van der Waals surface area contributed by atoms with Crippen LogP contribution >= 0.6 is 0 Å². The largest absolute Gasteiger partial charge is 0.573 e. The number of aromatic hydroxyl groups is 1. The molecule has 188 valence electrons. The van der Waals surface area contributed by atoms with Gasteiger partial charge in [-0.1, -0.05) is 38.1 Å². The Morgan fingerprint density at radius 3 is 2.18 bits per heavy atom. The molecule has 2 aromatic carbocycles. The number of carbonyl (C=O) groups is 2. The first-order chi connectivity index (χ1) is 16.2.